The van der Waals surface area contributed by atoms with Gasteiger partial charge in [0.2, 0.25) is 5.91 Å². The summed E-state index contributed by atoms with van der Waals surface area (Å²) in [6, 6.07) is 19.6. The number of carbonyl (C=O) groups is 3. The molecule has 2 aromatic rings. The molecule has 0 saturated carbocycles. The van der Waals surface area contributed by atoms with Gasteiger partial charge >= 0.3 is 0 Å². The van der Waals surface area contributed by atoms with E-state index in [1.165, 1.54) is 0 Å². The van der Waals surface area contributed by atoms with E-state index >= 15 is 0 Å². The van der Waals surface area contributed by atoms with Crippen molar-refractivity contribution in [3.63, 3.8) is 0 Å². The first kappa shape index (κ1) is 19.1. The summed E-state index contributed by atoms with van der Waals surface area (Å²) in [5.41, 5.74) is 3.07. The lowest BCUT2D eigenvalue weighted by Crippen LogP contribution is -2.43. The molecule has 2 aliphatic heterocycles. The zero-order chi connectivity index (χ0) is 20.2. The predicted molar refractivity (Wildman–Crippen MR) is 110 cm³/mol. The van der Waals surface area contributed by atoms with E-state index in [9.17, 15) is 14.4 Å². The van der Waals surface area contributed by atoms with Gasteiger partial charge in [0.25, 0.3) is 5.91 Å². The van der Waals surface area contributed by atoms with Crippen molar-refractivity contribution in [1.82, 2.24) is 9.80 Å². The van der Waals surface area contributed by atoms with E-state index in [1.807, 2.05) is 60.7 Å². The Hall–Kier alpha value is -3.21. The van der Waals surface area contributed by atoms with Crippen LogP contribution in [0.1, 0.15) is 30.4 Å². The van der Waals surface area contributed by atoms with E-state index < -0.39 is 0 Å². The largest absolute Gasteiger partial charge is 0.338 e. The fourth-order valence-electron chi connectivity index (χ4n) is 4.01. The second-order valence-electron chi connectivity index (χ2n) is 7.59. The normalized spacial score (nSPS) is 20.3. The van der Waals surface area contributed by atoms with E-state index in [1.54, 1.807) is 9.80 Å². The molecule has 0 radical (unpaired) electrons. The smallest absolute Gasteiger partial charge is 0.257 e. The molecule has 2 heterocycles. The van der Waals surface area contributed by atoms with Crippen molar-refractivity contribution in [1.29, 1.82) is 0 Å². The molecule has 0 aromatic heterocycles. The summed E-state index contributed by atoms with van der Waals surface area (Å²) in [6.45, 7) is 2.01. The van der Waals surface area contributed by atoms with Crippen molar-refractivity contribution in [3.8, 4) is 0 Å². The third-order valence-corrected chi connectivity index (χ3v) is 5.58. The zero-order valence-electron chi connectivity index (χ0n) is 16.3. The summed E-state index contributed by atoms with van der Waals surface area (Å²) >= 11 is 0. The highest BCUT2D eigenvalue weighted by Gasteiger charge is 2.34. The summed E-state index contributed by atoms with van der Waals surface area (Å²) in [7, 11) is 0. The summed E-state index contributed by atoms with van der Waals surface area (Å²) in [5, 5.41) is 0. The first-order valence-electron chi connectivity index (χ1n) is 10.0. The number of piperidine rings is 2. The Balaban J connectivity index is 1.49. The molecule has 2 fully saturated rings. The molecule has 4 rings (SSSR count). The van der Waals surface area contributed by atoms with Crippen LogP contribution in [0.3, 0.4) is 0 Å². The number of benzene rings is 2. The molecule has 2 aromatic carbocycles. The quantitative estimate of drug-likeness (QED) is 0.597. The minimum absolute atomic E-state index is 0.0246. The van der Waals surface area contributed by atoms with Crippen LogP contribution in [-0.4, -0.2) is 40.5 Å². The van der Waals surface area contributed by atoms with Crippen LogP contribution >= 0.6 is 0 Å². The van der Waals surface area contributed by atoms with Gasteiger partial charge in [-0.3, -0.25) is 14.4 Å². The maximum absolute atomic E-state index is 13.0. The van der Waals surface area contributed by atoms with Crippen molar-refractivity contribution < 1.29 is 14.4 Å². The summed E-state index contributed by atoms with van der Waals surface area (Å²) in [4.78, 5) is 41.8. The second-order valence-corrected chi connectivity index (χ2v) is 7.59. The van der Waals surface area contributed by atoms with Crippen LogP contribution in [-0.2, 0) is 27.5 Å². The van der Waals surface area contributed by atoms with Gasteiger partial charge in [0.1, 0.15) is 0 Å². The fourth-order valence-corrected chi connectivity index (χ4v) is 4.01. The standard InChI is InChI=1S/C24H24N2O3/c27-21-12-14-26(17-19-9-5-2-6-10-19)24(29)23(21)20-11-13-25(22(28)15-20)16-18-7-3-1-4-8-18/h1-10H,11-17H2/b23-20-. The first-order valence-corrected chi connectivity index (χ1v) is 10.0. The molecule has 0 N–H and O–H groups in total. The van der Waals surface area contributed by atoms with E-state index in [-0.39, 0.29) is 29.6 Å². The third kappa shape index (κ3) is 4.29. The molecule has 2 aliphatic rings. The van der Waals surface area contributed by atoms with Gasteiger partial charge in [-0.25, -0.2) is 0 Å². The Morgan fingerprint density at radius 2 is 1.24 bits per heavy atom. The summed E-state index contributed by atoms with van der Waals surface area (Å²) < 4.78 is 0. The lowest BCUT2D eigenvalue weighted by atomic mass is 9.90. The van der Waals surface area contributed by atoms with Crippen LogP contribution in [0, 0.1) is 0 Å². The molecule has 0 bridgehead atoms. The lowest BCUT2D eigenvalue weighted by Gasteiger charge is -2.33. The maximum Gasteiger partial charge on any atom is 0.257 e. The van der Waals surface area contributed by atoms with E-state index in [0.717, 1.165) is 11.1 Å². The number of amides is 2. The van der Waals surface area contributed by atoms with E-state index in [0.29, 0.717) is 44.6 Å². The highest BCUT2D eigenvalue weighted by Crippen LogP contribution is 2.27. The Labute approximate surface area is 170 Å². The Kier molecular flexibility index (Phi) is 5.56. The van der Waals surface area contributed by atoms with Crippen LogP contribution in [0.4, 0.5) is 0 Å². The first-order chi connectivity index (χ1) is 14.1. The number of ketones is 1. The van der Waals surface area contributed by atoms with Gasteiger partial charge < -0.3 is 9.80 Å². The van der Waals surface area contributed by atoms with E-state index in [2.05, 4.69) is 0 Å². The van der Waals surface area contributed by atoms with Crippen molar-refractivity contribution >= 4 is 17.6 Å². The van der Waals surface area contributed by atoms with Gasteiger partial charge in [-0.15, -0.1) is 0 Å². The molecule has 0 unspecified atom stereocenters. The van der Waals surface area contributed by atoms with Crippen LogP contribution < -0.4 is 0 Å². The fraction of sp³-hybridized carbons (Fsp3) is 0.292. The molecule has 0 aliphatic carbocycles. The average molecular weight is 388 g/mol. The number of likely N-dealkylation sites (tertiary alicyclic amines) is 2. The van der Waals surface area contributed by atoms with Gasteiger partial charge in [-0.05, 0) is 23.1 Å². The molecule has 5 heteroatoms. The molecule has 29 heavy (non-hydrogen) atoms. The highest BCUT2D eigenvalue weighted by molar-refractivity contribution is 6.21. The SMILES string of the molecule is O=C1CCN(Cc2ccccc2)C(=O)/C1=C1/CCN(Cc2ccccc2)C(=O)C1. The highest BCUT2D eigenvalue weighted by atomic mass is 16.2. The van der Waals surface area contributed by atoms with Gasteiger partial charge in [-0.1, -0.05) is 60.7 Å². The van der Waals surface area contributed by atoms with Crippen molar-refractivity contribution in [3.05, 3.63) is 82.9 Å². The van der Waals surface area contributed by atoms with Crippen LogP contribution in [0.25, 0.3) is 0 Å². The molecule has 0 spiro atoms. The monoisotopic (exact) mass is 388 g/mol. The number of Topliss-reactive ketones (excluding diaryl/α,β-unsaturated/α-hetero) is 1. The Morgan fingerprint density at radius 3 is 1.83 bits per heavy atom. The van der Waals surface area contributed by atoms with Crippen LogP contribution in [0.5, 0.6) is 0 Å². The Morgan fingerprint density at radius 1 is 0.690 bits per heavy atom. The third-order valence-electron chi connectivity index (χ3n) is 5.58. The topological polar surface area (TPSA) is 57.7 Å². The molecule has 0 atom stereocenters. The van der Waals surface area contributed by atoms with Gasteiger partial charge in [-0.2, -0.15) is 0 Å². The molecule has 2 saturated heterocycles. The van der Waals surface area contributed by atoms with Crippen molar-refractivity contribution in [2.45, 2.75) is 32.4 Å². The molecular formula is C24H24N2O3. The minimum atomic E-state index is -0.232. The lowest BCUT2D eigenvalue weighted by molar-refractivity contribution is -0.134. The number of nitrogens with zero attached hydrogens (tertiary/aromatic N) is 2. The van der Waals surface area contributed by atoms with Crippen molar-refractivity contribution in [2.75, 3.05) is 13.1 Å². The van der Waals surface area contributed by atoms with Gasteiger partial charge in [0.15, 0.2) is 5.78 Å². The number of hydrogen-bond donors (Lipinski definition) is 0. The number of rotatable bonds is 4. The molecule has 5 nitrogen and oxygen atoms in total. The molecule has 148 valence electrons. The van der Waals surface area contributed by atoms with Crippen LogP contribution in [0.2, 0.25) is 0 Å². The maximum atomic E-state index is 13.0. The number of hydrogen-bond acceptors (Lipinski definition) is 3. The van der Waals surface area contributed by atoms with Crippen molar-refractivity contribution in [2.24, 2.45) is 0 Å². The summed E-state index contributed by atoms with van der Waals surface area (Å²) in [5.74, 6) is -0.383. The van der Waals surface area contributed by atoms with E-state index in [4.69, 9.17) is 0 Å². The average Bonchev–Trinajstić information content (AvgIpc) is 2.74. The van der Waals surface area contributed by atoms with Crippen LogP contribution in [0.15, 0.2) is 71.8 Å². The molecule has 2 amide bonds. The summed E-state index contributed by atoms with van der Waals surface area (Å²) in [6.07, 6.45) is 1.04. The zero-order valence-corrected chi connectivity index (χ0v) is 16.3. The van der Waals surface area contributed by atoms with Gasteiger partial charge in [0.05, 0.1) is 5.57 Å². The number of carbonyl (C=O) groups excluding carboxylic acids is 3. The minimum Gasteiger partial charge on any atom is -0.338 e. The molecular weight excluding hydrogens is 364 g/mol. The predicted octanol–water partition coefficient (Wildman–Crippen LogP) is 3.11. The Bertz CT molecular complexity index is 951. The second kappa shape index (κ2) is 8.43. The van der Waals surface area contributed by atoms with Gasteiger partial charge in [0, 0.05) is 39.0 Å².